The Morgan fingerprint density at radius 1 is 0.651 bits per heavy atom. The molecule has 7 N–H and O–H groups in total. The molecule has 29 nitrogen and oxygen atoms in total. The molecule has 0 radical (unpaired) electrons. The van der Waals surface area contributed by atoms with E-state index in [0.29, 0.717) is 37.1 Å². The van der Waals surface area contributed by atoms with Gasteiger partial charge in [-0.05, 0) is 143 Å². The average molecular weight is 1570 g/mol. The normalized spacial score (nSPS) is 15.4. The number of aliphatic carboxylic acids is 3. The predicted molar refractivity (Wildman–Crippen MR) is 400 cm³/mol. The van der Waals surface area contributed by atoms with Crippen LogP contribution in [0.15, 0.2) is 150 Å². The number of carboxylic acids is 3. The maximum Gasteiger partial charge on any atom is 0.425 e. The Balaban J connectivity index is 0.00000213. The summed E-state index contributed by atoms with van der Waals surface area (Å²) in [4.78, 5) is 106. The number of para-hydroxylation sites is 2. The van der Waals surface area contributed by atoms with Crippen molar-refractivity contribution >= 4 is 96.0 Å². The molecule has 0 saturated carbocycles. The van der Waals surface area contributed by atoms with Crippen LogP contribution in [0.25, 0.3) is 0 Å². The van der Waals surface area contributed by atoms with Crippen molar-refractivity contribution in [1.82, 2.24) is 16.0 Å². The molecule has 3 amide bonds. The molecule has 4 aromatic carbocycles. The number of benzene rings is 4. The first-order valence-electron chi connectivity index (χ1n) is 35.7. The third kappa shape index (κ3) is 32.4. The van der Waals surface area contributed by atoms with Crippen molar-refractivity contribution in [2.45, 2.75) is 173 Å². The van der Waals surface area contributed by atoms with Gasteiger partial charge in [0.15, 0.2) is 11.5 Å². The van der Waals surface area contributed by atoms with Gasteiger partial charge in [0.1, 0.15) is 29.9 Å². The second-order valence-electron chi connectivity index (χ2n) is 26.9. The van der Waals surface area contributed by atoms with Gasteiger partial charge in [-0.2, -0.15) is 22.6 Å². The molecule has 0 spiro atoms. The van der Waals surface area contributed by atoms with E-state index in [4.69, 9.17) is 54.2 Å². The van der Waals surface area contributed by atoms with Crippen LogP contribution in [-0.2, 0) is 103 Å². The van der Waals surface area contributed by atoms with E-state index in [1.54, 1.807) is 0 Å². The molecule has 3 aliphatic rings. The fourth-order valence-corrected chi connectivity index (χ4v) is 13.4. The molecule has 2 heterocycles. The lowest BCUT2D eigenvalue weighted by molar-refractivity contribution is -0.438. The molecule has 0 fully saturated rings. The number of anilines is 1. The van der Waals surface area contributed by atoms with Gasteiger partial charge in [-0.25, -0.2) is 9.59 Å². The molecular weight excluding hydrogens is 1480 g/mol. The highest BCUT2D eigenvalue weighted by atomic mass is 32.2. The maximum atomic E-state index is 14.2. The first-order chi connectivity index (χ1) is 51.7. The van der Waals surface area contributed by atoms with Crippen LogP contribution in [0.2, 0.25) is 0 Å². The monoisotopic (exact) mass is 1570 g/mol. The number of Topliss-reactive ketones (excluding diaryl/α,β-unsaturated/α-hetero) is 2. The highest BCUT2D eigenvalue weighted by molar-refractivity contribution is 7.85. The number of carbonyl (C=O) groups is 7. The van der Waals surface area contributed by atoms with Crippen LogP contribution in [0.3, 0.4) is 0 Å². The first-order valence-corrected chi connectivity index (χ1v) is 39.3. The lowest BCUT2D eigenvalue weighted by Crippen LogP contribution is -2.46. The molecule has 2 aliphatic heterocycles. The zero-order valence-corrected chi connectivity index (χ0v) is 64.3. The van der Waals surface area contributed by atoms with Crippen molar-refractivity contribution in [1.29, 1.82) is 0 Å². The molecule has 0 saturated heterocycles. The van der Waals surface area contributed by atoms with Crippen molar-refractivity contribution in [3.63, 3.8) is 0 Å². The number of allylic oxidation sites excluding steroid dienone is 7. The third-order valence-corrected chi connectivity index (χ3v) is 19.0. The summed E-state index contributed by atoms with van der Waals surface area (Å²) < 4.78 is 104. The second-order valence-corrected chi connectivity index (χ2v) is 29.2. The summed E-state index contributed by atoms with van der Waals surface area (Å²) in [6, 6.07) is 30.2. The largest absolute Gasteiger partial charge is 0.481 e. The van der Waals surface area contributed by atoms with Crippen LogP contribution in [0.5, 0.6) is 5.75 Å². The van der Waals surface area contributed by atoms with Crippen LogP contribution < -0.4 is 25.6 Å². The third-order valence-electron chi connectivity index (χ3n) is 18.2. The van der Waals surface area contributed by atoms with Crippen LogP contribution in [0, 0.1) is 5.92 Å². The molecule has 4 aromatic rings. The van der Waals surface area contributed by atoms with Crippen molar-refractivity contribution in [2.75, 3.05) is 56.7 Å². The summed E-state index contributed by atoms with van der Waals surface area (Å²) >= 11 is 0. The van der Waals surface area contributed by atoms with E-state index in [2.05, 4.69) is 121 Å². The van der Waals surface area contributed by atoms with E-state index in [1.165, 1.54) is 17.0 Å². The molecular formula is C77H98N5O24S3+. The van der Waals surface area contributed by atoms with E-state index < -0.39 is 90.4 Å². The fourth-order valence-electron chi connectivity index (χ4n) is 12.8. The summed E-state index contributed by atoms with van der Waals surface area (Å²) in [5, 5.41) is 36.4. The second kappa shape index (κ2) is 47.1. The number of ketones is 2. The number of urea groups is 1. The van der Waals surface area contributed by atoms with E-state index >= 15 is 0 Å². The topological polar surface area (TPSA) is 441 Å². The Kier molecular flexibility index (Phi) is 39.5. The van der Waals surface area contributed by atoms with Gasteiger partial charge in [-0.15, -0.1) is 25.3 Å². The van der Waals surface area contributed by atoms with Gasteiger partial charge in [0.25, 0.3) is 10.1 Å². The summed E-state index contributed by atoms with van der Waals surface area (Å²) in [6.45, 7) is 13.1. The lowest BCUT2D eigenvalue weighted by Gasteiger charge is -2.27. The van der Waals surface area contributed by atoms with Crippen LogP contribution >= 0.6 is 0 Å². The van der Waals surface area contributed by atoms with Crippen LogP contribution in [-0.4, -0.2) is 175 Å². The molecule has 1 aliphatic carbocycles. The Labute approximate surface area is 637 Å². The van der Waals surface area contributed by atoms with E-state index in [-0.39, 0.29) is 114 Å². The molecule has 109 heavy (non-hydrogen) atoms. The standard InChI is InChI=1S/C76H97N5O16S.CO2.2O3S/c1-6-7-15-43-80-64-28-13-11-26-60(64)75(2,3)67(80)39-33-55-23-18-24-56(34-40-68-76(4,5)61-27-12-14-29-65(61)81(68)44-16-17-49-98(92,93)94)71(55)97-59-36-31-54(32-37-59)50-57(72(87)88)52-66(83)63(51-53-21-9-8-10-22-53)78-69(84)41-46-96-48-47-95-45-20-25-58(82)35-38-62(73(89)90)79-74(91)77-42-19-30-70(85)86;2-1-3;2*1-4(2)3/h8-14,21-22,26-29,31-34,36-37,39-40,57,62-63H,6-7,15-20,23-25,30,35,38,41-52H2,1-5H3,(H6-,77,78,79,84,85,86,87,88,89,90,91,92,93,94);;;/p+1/t57-,62+,63+;;;/m1.../s1. The minimum Gasteiger partial charge on any atom is -0.481 e. The van der Waals surface area contributed by atoms with Gasteiger partial charge in [0.05, 0.1) is 42.9 Å². The van der Waals surface area contributed by atoms with Crippen LogP contribution in [0.4, 0.5) is 16.2 Å². The number of nitrogens with zero attached hydrogens (tertiary/aromatic N) is 2. The first kappa shape index (κ1) is 91.4. The Morgan fingerprint density at radius 2 is 1.28 bits per heavy atom. The highest BCUT2D eigenvalue weighted by Gasteiger charge is 2.44. The van der Waals surface area contributed by atoms with E-state index in [1.807, 2.05) is 66.7 Å². The van der Waals surface area contributed by atoms with Gasteiger partial charge in [0, 0.05) is 92.7 Å². The zero-order valence-electron chi connectivity index (χ0n) is 61.8. The average Bonchev–Trinajstić information content (AvgIpc) is 1.60. The maximum absolute atomic E-state index is 14.2. The number of carbonyl (C=O) groups excluding carboxylic acids is 6. The summed E-state index contributed by atoms with van der Waals surface area (Å²) in [5.74, 6) is -4.78. The van der Waals surface area contributed by atoms with E-state index in [0.717, 1.165) is 84.5 Å². The Hall–Kier alpha value is -9.95. The number of carboxylic acid groups (broad SMARTS) is 3. The minimum absolute atomic E-state index is 0.00459. The smallest absolute Gasteiger partial charge is 0.425 e. The molecule has 0 unspecified atom stereocenters. The van der Waals surface area contributed by atoms with Crippen molar-refractivity contribution < 1.29 is 115 Å². The quantitative estimate of drug-likeness (QED) is 0.0123. The van der Waals surface area contributed by atoms with Gasteiger partial charge in [0.2, 0.25) is 11.6 Å². The van der Waals surface area contributed by atoms with Crippen molar-refractivity contribution in [3.05, 3.63) is 172 Å². The lowest BCUT2D eigenvalue weighted by atomic mass is 9.81. The number of hydrogen-bond donors (Lipinski definition) is 7. The highest BCUT2D eigenvalue weighted by Crippen LogP contribution is 2.48. The summed E-state index contributed by atoms with van der Waals surface area (Å²) in [6.07, 6.45) is 15.5. The van der Waals surface area contributed by atoms with Gasteiger partial charge in [-0.1, -0.05) is 112 Å². The Morgan fingerprint density at radius 3 is 1.91 bits per heavy atom. The van der Waals surface area contributed by atoms with Crippen LogP contribution in [0.1, 0.15) is 160 Å². The predicted octanol–water partition coefficient (Wildman–Crippen LogP) is 9.11. The number of rotatable bonds is 42. The molecule has 0 aromatic heterocycles. The number of fused-ring (bicyclic) bond motifs is 2. The summed E-state index contributed by atoms with van der Waals surface area (Å²) in [7, 11) is -10.3. The van der Waals surface area contributed by atoms with Gasteiger partial charge >= 0.3 is 51.3 Å². The SMILES string of the molecule is CCCCC[N+]1=C(C=CC2=C(Oc3ccc(C[C@H](CC(=O)[C@H](Cc4ccccc4)NC(=O)CCOCCOCCCC(=O)CC[C@H](NC(=O)NCCCC(=O)O)C(=O)O)C(=O)O)cc3)C(=CC=C3N(CCCCS(=O)(=O)O)c4ccccc4C3(C)C)CCC2)C(C)(C)c2ccccc21.O=C=O.O=S(=O)=O.O=S(=O)=O. The van der Waals surface area contributed by atoms with Crippen molar-refractivity contribution in [2.24, 2.45) is 5.92 Å². The molecule has 7 rings (SSSR count). The van der Waals surface area contributed by atoms with Gasteiger partial charge < -0.3 is 50.4 Å². The number of amides is 3. The Bertz CT molecular complexity index is 4280. The zero-order chi connectivity index (χ0) is 80.7. The number of ether oxygens (including phenoxy) is 3. The number of nitrogens with one attached hydrogen (secondary N) is 3. The number of hydrogen-bond acceptors (Lipinski definition) is 21. The van der Waals surface area contributed by atoms with Gasteiger partial charge in [-0.3, -0.25) is 28.5 Å². The molecule has 592 valence electrons. The number of unbranched alkanes of at least 4 members (excludes halogenated alkanes) is 3. The fraction of sp³-hybridized carbons (Fsp3) is 0.468. The van der Waals surface area contributed by atoms with E-state index in [9.17, 15) is 56.7 Å². The van der Waals surface area contributed by atoms with Crippen molar-refractivity contribution in [3.8, 4) is 5.75 Å². The molecule has 3 atom stereocenters. The molecule has 32 heteroatoms. The molecule has 0 bridgehead atoms. The minimum atomic E-state index is -4.11. The summed E-state index contributed by atoms with van der Waals surface area (Å²) in [5.41, 5.74) is 9.72.